The van der Waals surface area contributed by atoms with Crippen LogP contribution in [0.5, 0.6) is 11.5 Å². The molecule has 0 atom stereocenters. The van der Waals surface area contributed by atoms with E-state index in [9.17, 15) is 10.1 Å². The average molecular weight is 314 g/mol. The third-order valence-electron chi connectivity index (χ3n) is 3.34. The van der Waals surface area contributed by atoms with Gasteiger partial charge in [0.2, 0.25) is 11.5 Å². The number of benzene rings is 1. The van der Waals surface area contributed by atoms with Gasteiger partial charge in [0, 0.05) is 12.1 Å². The molecular weight excluding hydrogens is 300 g/mol. The van der Waals surface area contributed by atoms with Gasteiger partial charge in [-0.2, -0.15) is 9.38 Å². The van der Waals surface area contributed by atoms with Crippen LogP contribution in [0.15, 0.2) is 42.6 Å². The third-order valence-corrected chi connectivity index (χ3v) is 3.34. The molecule has 23 heavy (non-hydrogen) atoms. The van der Waals surface area contributed by atoms with Gasteiger partial charge in [-0.15, -0.1) is 0 Å². The number of nitrogens with one attached hydrogen (secondary N) is 1. The van der Waals surface area contributed by atoms with Crippen molar-refractivity contribution in [2.75, 3.05) is 19.5 Å². The second-order valence-electron chi connectivity index (χ2n) is 4.66. The Bertz CT molecular complexity index is 875. The van der Waals surface area contributed by atoms with Crippen molar-refractivity contribution >= 4 is 23.0 Å². The van der Waals surface area contributed by atoms with E-state index < -0.39 is 4.92 Å². The summed E-state index contributed by atoms with van der Waals surface area (Å²) in [6, 6.07) is 10.3. The Balaban J connectivity index is 2.08. The van der Waals surface area contributed by atoms with Crippen LogP contribution in [0.4, 0.5) is 17.3 Å². The standard InChI is InChI=1S/C15H14N4O4/c1-22-10-6-7-11(12(9-10)23-2)16-14-15(19(20)21)18-8-4-3-5-13(18)17-14/h3-9,16H,1-2H3. The van der Waals surface area contributed by atoms with Crippen molar-refractivity contribution in [1.82, 2.24) is 9.38 Å². The molecule has 0 saturated heterocycles. The molecule has 0 bridgehead atoms. The van der Waals surface area contributed by atoms with Crippen LogP contribution in [0.1, 0.15) is 0 Å². The van der Waals surface area contributed by atoms with Crippen molar-refractivity contribution in [3.05, 3.63) is 52.7 Å². The molecule has 1 N–H and O–H groups in total. The molecule has 2 aromatic heterocycles. The van der Waals surface area contributed by atoms with Crippen molar-refractivity contribution in [1.29, 1.82) is 0 Å². The molecule has 0 radical (unpaired) electrons. The van der Waals surface area contributed by atoms with Crippen molar-refractivity contribution in [3.63, 3.8) is 0 Å². The molecule has 0 aliphatic rings. The smallest absolute Gasteiger partial charge is 0.372 e. The Morgan fingerprint density at radius 2 is 2.04 bits per heavy atom. The van der Waals surface area contributed by atoms with Crippen molar-refractivity contribution < 1.29 is 14.4 Å². The number of fused-ring (bicyclic) bond motifs is 1. The molecule has 1 aromatic carbocycles. The maximum absolute atomic E-state index is 11.4. The molecule has 0 fully saturated rings. The first kappa shape index (κ1) is 14.6. The van der Waals surface area contributed by atoms with E-state index in [1.54, 1.807) is 49.7 Å². The first-order valence-corrected chi connectivity index (χ1v) is 6.74. The van der Waals surface area contributed by atoms with Gasteiger partial charge in [0.1, 0.15) is 11.5 Å². The van der Waals surface area contributed by atoms with Crippen LogP contribution >= 0.6 is 0 Å². The number of hydrogen-bond donors (Lipinski definition) is 1. The first-order chi connectivity index (χ1) is 11.1. The molecule has 8 heteroatoms. The second-order valence-corrected chi connectivity index (χ2v) is 4.66. The molecule has 0 aliphatic heterocycles. The van der Waals surface area contributed by atoms with E-state index in [1.807, 2.05) is 0 Å². The summed E-state index contributed by atoms with van der Waals surface area (Å²) >= 11 is 0. The summed E-state index contributed by atoms with van der Waals surface area (Å²) in [6.45, 7) is 0. The molecule has 0 aliphatic carbocycles. The lowest BCUT2D eigenvalue weighted by atomic mass is 10.2. The molecule has 0 amide bonds. The van der Waals surface area contributed by atoms with Crippen molar-refractivity contribution in [3.8, 4) is 11.5 Å². The number of imidazole rings is 1. The topological polar surface area (TPSA) is 90.9 Å². The molecular formula is C15H14N4O4. The lowest BCUT2D eigenvalue weighted by Gasteiger charge is -2.10. The van der Waals surface area contributed by atoms with Gasteiger partial charge in [-0.05, 0) is 23.1 Å². The van der Waals surface area contributed by atoms with E-state index in [2.05, 4.69) is 10.3 Å². The fourth-order valence-electron chi connectivity index (χ4n) is 2.27. The summed E-state index contributed by atoms with van der Waals surface area (Å²) in [6.07, 6.45) is 1.59. The summed E-state index contributed by atoms with van der Waals surface area (Å²) in [5.74, 6) is 1.12. The van der Waals surface area contributed by atoms with Gasteiger partial charge in [0.25, 0.3) is 0 Å². The van der Waals surface area contributed by atoms with Crippen LogP contribution in [-0.4, -0.2) is 28.5 Å². The van der Waals surface area contributed by atoms with Gasteiger partial charge >= 0.3 is 5.82 Å². The van der Waals surface area contributed by atoms with Gasteiger partial charge in [-0.1, -0.05) is 6.07 Å². The van der Waals surface area contributed by atoms with E-state index in [-0.39, 0.29) is 11.6 Å². The monoisotopic (exact) mass is 314 g/mol. The number of ether oxygens (including phenoxy) is 2. The highest BCUT2D eigenvalue weighted by Gasteiger charge is 2.23. The van der Waals surface area contributed by atoms with Crippen LogP contribution in [0.2, 0.25) is 0 Å². The highest BCUT2D eigenvalue weighted by Crippen LogP contribution is 2.34. The van der Waals surface area contributed by atoms with Crippen LogP contribution in [-0.2, 0) is 0 Å². The molecule has 3 aromatic rings. The van der Waals surface area contributed by atoms with Crippen LogP contribution in [0.25, 0.3) is 5.65 Å². The van der Waals surface area contributed by atoms with Gasteiger partial charge in [0.15, 0.2) is 0 Å². The minimum absolute atomic E-state index is 0.140. The Kier molecular flexibility index (Phi) is 3.71. The summed E-state index contributed by atoms with van der Waals surface area (Å²) in [4.78, 5) is 15.2. The number of rotatable bonds is 5. The summed E-state index contributed by atoms with van der Waals surface area (Å²) in [7, 11) is 3.06. The number of aromatic nitrogens is 2. The van der Waals surface area contributed by atoms with E-state index in [0.29, 0.717) is 22.8 Å². The lowest BCUT2D eigenvalue weighted by Crippen LogP contribution is -2.00. The van der Waals surface area contributed by atoms with Crippen molar-refractivity contribution in [2.45, 2.75) is 0 Å². The van der Waals surface area contributed by atoms with E-state index in [1.165, 1.54) is 11.5 Å². The molecule has 3 rings (SSSR count). The number of hydrogen-bond acceptors (Lipinski definition) is 6. The van der Waals surface area contributed by atoms with Crippen LogP contribution in [0, 0.1) is 10.1 Å². The van der Waals surface area contributed by atoms with Crippen LogP contribution in [0.3, 0.4) is 0 Å². The third kappa shape index (κ3) is 2.61. The minimum Gasteiger partial charge on any atom is -0.497 e. The number of anilines is 2. The maximum atomic E-state index is 11.4. The average Bonchev–Trinajstić information content (AvgIpc) is 2.93. The van der Waals surface area contributed by atoms with Crippen molar-refractivity contribution in [2.24, 2.45) is 0 Å². The highest BCUT2D eigenvalue weighted by molar-refractivity contribution is 5.72. The Morgan fingerprint density at radius 3 is 2.74 bits per heavy atom. The fraction of sp³-hybridized carbons (Fsp3) is 0.133. The Hall–Kier alpha value is -3.29. The molecule has 8 nitrogen and oxygen atoms in total. The Labute approximate surface area is 131 Å². The number of pyridine rings is 1. The molecule has 2 heterocycles. The minimum atomic E-state index is -0.474. The molecule has 118 valence electrons. The molecule has 0 saturated carbocycles. The number of nitrogens with zero attached hydrogens (tertiary/aromatic N) is 3. The predicted octanol–water partition coefficient (Wildman–Crippen LogP) is 3.00. The second kappa shape index (κ2) is 5.84. The quantitative estimate of drug-likeness (QED) is 0.575. The van der Waals surface area contributed by atoms with Gasteiger partial charge in [-0.25, -0.2) is 0 Å². The van der Waals surface area contributed by atoms with Gasteiger partial charge in [-0.3, -0.25) is 0 Å². The summed E-state index contributed by atoms with van der Waals surface area (Å²) in [5.41, 5.74) is 1.04. The molecule has 0 unspecified atom stereocenters. The number of methoxy groups -OCH3 is 2. The first-order valence-electron chi connectivity index (χ1n) is 6.74. The van der Waals surface area contributed by atoms with Gasteiger partial charge in [0.05, 0.1) is 26.1 Å². The Morgan fingerprint density at radius 1 is 1.22 bits per heavy atom. The largest absolute Gasteiger partial charge is 0.497 e. The summed E-state index contributed by atoms with van der Waals surface area (Å²) < 4.78 is 11.8. The van der Waals surface area contributed by atoms with E-state index in [0.717, 1.165) is 0 Å². The lowest BCUT2D eigenvalue weighted by molar-refractivity contribution is -0.389. The zero-order chi connectivity index (χ0) is 16.4. The fourth-order valence-corrected chi connectivity index (χ4v) is 2.27. The normalized spacial score (nSPS) is 10.5. The zero-order valence-corrected chi connectivity index (χ0v) is 12.5. The van der Waals surface area contributed by atoms with Gasteiger partial charge < -0.3 is 24.9 Å². The number of nitro groups is 1. The summed E-state index contributed by atoms with van der Waals surface area (Å²) in [5, 5.41) is 14.4. The zero-order valence-electron chi connectivity index (χ0n) is 12.5. The molecule has 0 spiro atoms. The predicted molar refractivity (Wildman–Crippen MR) is 84.7 cm³/mol. The maximum Gasteiger partial charge on any atom is 0.372 e. The van der Waals surface area contributed by atoms with E-state index >= 15 is 0 Å². The highest BCUT2D eigenvalue weighted by atomic mass is 16.6. The van der Waals surface area contributed by atoms with Crippen LogP contribution < -0.4 is 14.8 Å². The SMILES string of the molecule is COc1ccc(Nc2nc3ccccn3c2[N+](=O)[O-])c(OC)c1. The van der Waals surface area contributed by atoms with E-state index in [4.69, 9.17) is 9.47 Å².